The van der Waals surface area contributed by atoms with E-state index in [0.717, 1.165) is 42.1 Å². The van der Waals surface area contributed by atoms with Gasteiger partial charge in [-0.1, -0.05) is 18.2 Å². The number of ether oxygens (including phenoxy) is 2. The minimum atomic E-state index is -0.547. The number of carbonyl (C=O) groups is 1. The fourth-order valence-electron chi connectivity index (χ4n) is 3.72. The van der Waals surface area contributed by atoms with Crippen LogP contribution in [-0.4, -0.2) is 47.9 Å². The average Bonchev–Trinajstić information content (AvgIpc) is 2.95. The topological polar surface area (TPSA) is 90.7 Å². The van der Waals surface area contributed by atoms with Gasteiger partial charge in [-0.25, -0.2) is 15.0 Å². The summed E-state index contributed by atoms with van der Waals surface area (Å²) in [6.07, 6.45) is 0. The lowest BCUT2D eigenvalue weighted by atomic mass is 10.1. The molecule has 0 aliphatic carbocycles. The van der Waals surface area contributed by atoms with Crippen molar-refractivity contribution in [2.45, 2.75) is 19.6 Å². The quantitative estimate of drug-likeness (QED) is 0.334. The number of nitrogens with zero attached hydrogens (tertiary/aromatic N) is 2. The fourth-order valence-corrected chi connectivity index (χ4v) is 3.72. The highest BCUT2D eigenvalue weighted by Crippen LogP contribution is 2.25. The maximum absolute atomic E-state index is 11.7. The number of H-pyrrole nitrogens is 1. The number of imidazole rings is 1. The van der Waals surface area contributed by atoms with E-state index < -0.39 is 5.91 Å². The van der Waals surface area contributed by atoms with E-state index in [0.29, 0.717) is 31.1 Å². The van der Waals surface area contributed by atoms with Crippen LogP contribution in [-0.2, 0) is 24.4 Å². The molecule has 4 rings (SSSR count). The summed E-state index contributed by atoms with van der Waals surface area (Å²) in [5, 5.41) is 8.84. The van der Waals surface area contributed by atoms with E-state index in [-0.39, 0.29) is 0 Å². The highest BCUT2D eigenvalue weighted by atomic mass is 16.5. The van der Waals surface area contributed by atoms with Crippen LogP contribution in [0.4, 0.5) is 0 Å². The van der Waals surface area contributed by atoms with Crippen molar-refractivity contribution in [3.63, 3.8) is 0 Å². The first-order chi connectivity index (χ1) is 14.2. The largest absolute Gasteiger partial charge is 0.492 e. The van der Waals surface area contributed by atoms with Crippen molar-refractivity contribution in [2.75, 3.05) is 26.9 Å². The molecule has 1 amide bonds. The zero-order valence-electron chi connectivity index (χ0n) is 16.4. The molecular formula is C21H25N4O4+. The van der Waals surface area contributed by atoms with Gasteiger partial charge in [-0.15, -0.1) is 0 Å². The van der Waals surface area contributed by atoms with Gasteiger partial charge in [-0.05, 0) is 24.3 Å². The molecule has 1 aliphatic heterocycles. The number of hydroxylamine groups is 1. The van der Waals surface area contributed by atoms with Gasteiger partial charge in [-0.3, -0.25) is 14.9 Å². The van der Waals surface area contributed by atoms with E-state index in [1.807, 2.05) is 18.2 Å². The van der Waals surface area contributed by atoms with Crippen LogP contribution in [0, 0.1) is 0 Å². The number of benzene rings is 2. The highest BCUT2D eigenvalue weighted by molar-refractivity contribution is 5.93. The van der Waals surface area contributed by atoms with Crippen molar-refractivity contribution >= 4 is 16.9 Å². The van der Waals surface area contributed by atoms with Gasteiger partial charge >= 0.3 is 0 Å². The van der Waals surface area contributed by atoms with E-state index >= 15 is 0 Å². The summed E-state index contributed by atoms with van der Waals surface area (Å²) >= 11 is 0. The number of carbonyl (C=O) groups excluding carboxylic acids is 1. The Labute approximate surface area is 168 Å². The number of fused-ring (bicyclic) bond motifs is 2. The second kappa shape index (κ2) is 8.60. The van der Waals surface area contributed by atoms with E-state index in [1.54, 1.807) is 24.7 Å². The summed E-state index contributed by atoms with van der Waals surface area (Å²) in [7, 11) is 1.71. The van der Waals surface area contributed by atoms with Gasteiger partial charge in [-0.2, -0.15) is 0 Å². The Bertz CT molecular complexity index is 1020. The lowest BCUT2D eigenvalue weighted by Crippen LogP contribution is -2.41. The molecule has 0 radical (unpaired) electrons. The van der Waals surface area contributed by atoms with Gasteiger partial charge in [0.05, 0.1) is 6.61 Å². The van der Waals surface area contributed by atoms with Crippen LogP contribution in [0.5, 0.6) is 5.75 Å². The zero-order valence-corrected chi connectivity index (χ0v) is 16.4. The molecule has 0 unspecified atom stereocenters. The first kappa shape index (κ1) is 19.4. The predicted molar refractivity (Wildman–Crippen MR) is 106 cm³/mol. The molecule has 3 aromatic rings. The normalized spacial score (nSPS) is 14.3. The first-order valence-corrected chi connectivity index (χ1v) is 9.60. The molecular weight excluding hydrogens is 372 g/mol. The zero-order chi connectivity index (χ0) is 20.2. The minimum absolute atomic E-state index is 0.368. The monoisotopic (exact) mass is 397 g/mol. The summed E-state index contributed by atoms with van der Waals surface area (Å²) in [4.78, 5) is 17.5. The molecule has 2 heterocycles. The second-order valence-electron chi connectivity index (χ2n) is 7.06. The average molecular weight is 397 g/mol. The van der Waals surface area contributed by atoms with Gasteiger partial charge in [0.2, 0.25) is 0 Å². The Kier molecular flexibility index (Phi) is 5.75. The maximum Gasteiger partial charge on any atom is 0.274 e. The second-order valence-corrected chi connectivity index (χ2v) is 7.06. The van der Waals surface area contributed by atoms with Crippen molar-refractivity contribution in [1.29, 1.82) is 0 Å². The Hall–Kier alpha value is -2.94. The molecule has 0 saturated heterocycles. The Morgan fingerprint density at radius 2 is 2.21 bits per heavy atom. The van der Waals surface area contributed by atoms with Gasteiger partial charge in [0.1, 0.15) is 25.4 Å². The maximum atomic E-state index is 11.7. The fraction of sp³-hybridized carbons (Fsp3) is 0.333. The summed E-state index contributed by atoms with van der Waals surface area (Å²) < 4.78 is 13.4. The molecule has 0 atom stereocenters. The third-order valence-corrected chi connectivity index (χ3v) is 5.18. The molecule has 29 heavy (non-hydrogen) atoms. The number of para-hydroxylation sites is 2. The molecule has 152 valence electrons. The van der Waals surface area contributed by atoms with Crippen molar-refractivity contribution in [3.05, 3.63) is 59.4 Å². The smallest absolute Gasteiger partial charge is 0.274 e. The molecule has 3 N–H and O–H groups in total. The van der Waals surface area contributed by atoms with Crippen LogP contribution >= 0.6 is 0 Å². The van der Waals surface area contributed by atoms with Crippen LogP contribution in [0.2, 0.25) is 0 Å². The predicted octanol–water partition coefficient (Wildman–Crippen LogP) is 1.62. The number of aromatic nitrogens is 2. The minimum Gasteiger partial charge on any atom is -0.492 e. The van der Waals surface area contributed by atoms with Crippen LogP contribution < -0.4 is 14.8 Å². The number of hydrogen-bond acceptors (Lipinski definition) is 5. The van der Waals surface area contributed by atoms with Gasteiger partial charge < -0.3 is 9.47 Å². The molecule has 0 spiro atoms. The number of hydrogen-bond donors (Lipinski definition) is 3. The summed E-state index contributed by atoms with van der Waals surface area (Å²) in [5.41, 5.74) is 5.30. The Morgan fingerprint density at radius 3 is 3.03 bits per heavy atom. The van der Waals surface area contributed by atoms with Gasteiger partial charge in [0.15, 0.2) is 11.0 Å². The molecule has 1 aromatic heterocycles. The molecule has 0 saturated carbocycles. The molecule has 8 nitrogen and oxygen atoms in total. The molecule has 0 fully saturated rings. The summed E-state index contributed by atoms with van der Waals surface area (Å²) in [6.45, 7) is 4.14. The number of rotatable bonds is 6. The first-order valence-electron chi connectivity index (χ1n) is 9.60. The van der Waals surface area contributed by atoms with Gasteiger partial charge in [0, 0.05) is 31.3 Å². The van der Waals surface area contributed by atoms with Crippen LogP contribution in [0.3, 0.4) is 0 Å². The Balaban J connectivity index is 1.58. The van der Waals surface area contributed by atoms with Crippen LogP contribution in [0.1, 0.15) is 21.7 Å². The lowest BCUT2D eigenvalue weighted by Gasteiger charge is -2.17. The molecule has 0 bridgehead atoms. The Morgan fingerprint density at radius 1 is 1.34 bits per heavy atom. The van der Waals surface area contributed by atoms with Gasteiger partial charge in [0.25, 0.3) is 11.7 Å². The van der Waals surface area contributed by atoms with Crippen molar-refractivity contribution in [3.8, 4) is 5.75 Å². The summed E-state index contributed by atoms with van der Waals surface area (Å²) in [5.74, 6) is 1.25. The van der Waals surface area contributed by atoms with Crippen molar-refractivity contribution in [2.24, 2.45) is 0 Å². The van der Waals surface area contributed by atoms with E-state index in [2.05, 4.69) is 26.6 Å². The van der Waals surface area contributed by atoms with E-state index in [1.165, 1.54) is 0 Å². The molecule has 2 aromatic carbocycles. The number of aromatic amines is 1. The number of methoxy groups -OCH3 is 1. The van der Waals surface area contributed by atoms with E-state index in [9.17, 15) is 4.79 Å². The SMILES string of the molecule is COCC[n+]1c(CN2CCOc3cc(C(=O)NO)ccc3C2)[nH]c2ccccc21. The van der Waals surface area contributed by atoms with Crippen molar-refractivity contribution < 1.29 is 24.0 Å². The van der Waals surface area contributed by atoms with Crippen LogP contribution in [0.15, 0.2) is 42.5 Å². The standard InChI is InChI=1S/C21H24N4O4/c1-28-10-9-25-18-5-3-2-4-17(18)22-20(25)14-24-8-11-29-19-12-15(21(26)23-27)6-7-16(19)13-24/h2-7,12H,8-11,13-14H2,1H3,(H2,23,26,27)/p+1. The number of amides is 1. The van der Waals surface area contributed by atoms with Crippen molar-refractivity contribution in [1.82, 2.24) is 15.4 Å². The number of nitrogens with one attached hydrogen (secondary N) is 2. The van der Waals surface area contributed by atoms with E-state index in [4.69, 9.17) is 14.7 Å². The third kappa shape index (κ3) is 4.09. The molecule has 1 aliphatic rings. The van der Waals surface area contributed by atoms with Crippen LogP contribution in [0.25, 0.3) is 11.0 Å². The molecule has 8 heteroatoms. The highest BCUT2D eigenvalue weighted by Gasteiger charge is 2.23. The third-order valence-electron chi connectivity index (χ3n) is 5.18. The lowest BCUT2D eigenvalue weighted by molar-refractivity contribution is -0.681. The summed E-state index contributed by atoms with van der Waals surface area (Å²) in [6, 6.07) is 13.5.